The van der Waals surface area contributed by atoms with Crippen LogP contribution in [0.15, 0.2) is 255 Å². The molecule has 67 heavy (non-hydrogen) atoms. The molecule has 11 aromatic carbocycles. The minimum absolute atomic E-state index is 0.574. The van der Waals surface area contributed by atoms with Gasteiger partial charge in [0.1, 0.15) is 0 Å². The summed E-state index contributed by atoms with van der Waals surface area (Å²) in [6, 6.07) is 94.5. The number of aromatic nitrogens is 1. The fourth-order valence-electron chi connectivity index (χ4n) is 11.8. The summed E-state index contributed by atoms with van der Waals surface area (Å²) in [6.07, 6.45) is 0. The normalized spacial score (nSPS) is 12.9. The van der Waals surface area contributed by atoms with Gasteiger partial charge in [0, 0.05) is 27.7 Å². The molecule has 0 bridgehead atoms. The van der Waals surface area contributed by atoms with Crippen LogP contribution in [0.1, 0.15) is 22.3 Å². The Hall–Kier alpha value is -8.72. The fraction of sp³-hybridized carbons (Fsp3) is 0.0154. The van der Waals surface area contributed by atoms with Gasteiger partial charge in [-0.1, -0.05) is 206 Å². The molecule has 2 heteroatoms. The van der Waals surface area contributed by atoms with Crippen LogP contribution in [0.4, 0.5) is 17.1 Å². The number of fused-ring (bicyclic) bond motifs is 13. The van der Waals surface area contributed by atoms with Crippen LogP contribution in [0.5, 0.6) is 0 Å². The average molecular weight is 851 g/mol. The molecule has 0 fully saturated rings. The molecule has 0 amide bonds. The largest absolute Gasteiger partial charge is 0.310 e. The van der Waals surface area contributed by atoms with Crippen molar-refractivity contribution in [2.24, 2.45) is 0 Å². The molecule has 312 valence electrons. The summed E-state index contributed by atoms with van der Waals surface area (Å²) < 4.78 is 2.54. The smallest absolute Gasteiger partial charge is 0.0755 e. The van der Waals surface area contributed by atoms with Gasteiger partial charge in [-0.25, -0.2) is 0 Å². The maximum atomic E-state index is 2.54. The summed E-state index contributed by atoms with van der Waals surface area (Å²) in [5, 5.41) is 4.97. The highest BCUT2D eigenvalue weighted by Gasteiger charge is 2.51. The first kappa shape index (κ1) is 37.6. The predicted octanol–water partition coefficient (Wildman–Crippen LogP) is 17.1. The third kappa shape index (κ3) is 5.45. The van der Waals surface area contributed by atoms with Crippen molar-refractivity contribution in [2.75, 3.05) is 4.90 Å². The number of para-hydroxylation sites is 3. The second-order valence-corrected chi connectivity index (χ2v) is 18.0. The van der Waals surface area contributed by atoms with Crippen molar-refractivity contribution < 1.29 is 0 Å². The zero-order chi connectivity index (χ0) is 44.1. The topological polar surface area (TPSA) is 8.17 Å². The van der Waals surface area contributed by atoms with E-state index in [0.717, 1.165) is 28.2 Å². The van der Waals surface area contributed by atoms with Crippen molar-refractivity contribution in [1.29, 1.82) is 0 Å². The Bertz CT molecular complexity index is 3880. The average Bonchev–Trinajstić information content (AvgIpc) is 3.90. The summed E-state index contributed by atoms with van der Waals surface area (Å²) in [5.41, 5.74) is 21.4. The van der Waals surface area contributed by atoms with Gasteiger partial charge in [0.05, 0.1) is 27.8 Å². The molecule has 0 saturated heterocycles. The third-order valence-corrected chi connectivity index (χ3v) is 14.6. The van der Waals surface area contributed by atoms with Crippen molar-refractivity contribution in [1.82, 2.24) is 4.57 Å². The molecule has 1 aliphatic carbocycles. The Morgan fingerprint density at radius 2 is 0.896 bits per heavy atom. The Balaban J connectivity index is 1.08. The van der Waals surface area contributed by atoms with E-state index in [4.69, 9.17) is 0 Å². The summed E-state index contributed by atoms with van der Waals surface area (Å²) in [5.74, 6) is 0. The highest BCUT2D eigenvalue weighted by Crippen LogP contribution is 2.62. The maximum Gasteiger partial charge on any atom is 0.0755 e. The molecule has 0 atom stereocenters. The number of benzene rings is 11. The van der Waals surface area contributed by atoms with Crippen LogP contribution in [0, 0.1) is 0 Å². The van der Waals surface area contributed by atoms with Crippen LogP contribution in [0.2, 0.25) is 0 Å². The summed E-state index contributed by atoms with van der Waals surface area (Å²) in [7, 11) is 0. The lowest BCUT2D eigenvalue weighted by Crippen LogP contribution is -2.33. The Morgan fingerprint density at radius 1 is 0.313 bits per heavy atom. The highest BCUT2D eigenvalue weighted by molar-refractivity contribution is 6.14. The third-order valence-electron chi connectivity index (χ3n) is 14.6. The quantitative estimate of drug-likeness (QED) is 0.162. The van der Waals surface area contributed by atoms with E-state index >= 15 is 0 Å². The van der Waals surface area contributed by atoms with Crippen molar-refractivity contribution >= 4 is 49.6 Å². The van der Waals surface area contributed by atoms with Crippen molar-refractivity contribution in [3.05, 3.63) is 277 Å². The van der Waals surface area contributed by atoms with Crippen molar-refractivity contribution in [2.45, 2.75) is 5.41 Å². The van der Waals surface area contributed by atoms with Gasteiger partial charge in [-0.3, -0.25) is 0 Å². The second-order valence-electron chi connectivity index (χ2n) is 18.0. The molecular weight excluding hydrogens is 809 g/mol. The van der Waals surface area contributed by atoms with E-state index in [9.17, 15) is 0 Å². The van der Waals surface area contributed by atoms with Crippen LogP contribution >= 0.6 is 0 Å². The maximum absolute atomic E-state index is 2.54. The van der Waals surface area contributed by atoms with Gasteiger partial charge in [-0.05, 0) is 121 Å². The van der Waals surface area contributed by atoms with Crippen LogP contribution < -0.4 is 4.90 Å². The zero-order valence-electron chi connectivity index (χ0n) is 36.6. The molecule has 14 rings (SSSR count). The van der Waals surface area contributed by atoms with Crippen LogP contribution in [0.25, 0.3) is 82.8 Å². The molecule has 2 heterocycles. The lowest BCUT2D eigenvalue weighted by molar-refractivity contribution is 0.748. The van der Waals surface area contributed by atoms with Gasteiger partial charge in [-0.15, -0.1) is 0 Å². The molecule has 2 aliphatic rings. The number of hydrogen-bond donors (Lipinski definition) is 0. The lowest BCUT2D eigenvalue weighted by Gasteiger charge is -2.40. The minimum atomic E-state index is -0.574. The van der Waals surface area contributed by atoms with E-state index in [-0.39, 0.29) is 0 Å². The number of anilines is 3. The number of nitrogens with zero attached hydrogens (tertiary/aromatic N) is 2. The van der Waals surface area contributed by atoms with Crippen LogP contribution in [-0.4, -0.2) is 4.57 Å². The standard InChI is InChI=1S/C65H42N2/c1-2-18-43(19-3-1)46-22-16-23-47(40-46)52-25-8-13-33-61(52)66(48-38-36-45(37-39-48)51-29-17-21-44-20-4-5-24-50(44)51)49-41-56-55-28-9-14-34-62(55)67-63-35-15-12-32-59(63)65(60(42-49)64(56)67)57-30-10-6-26-53(57)54-27-7-11-31-58(54)65/h1-42H. The van der Waals surface area contributed by atoms with Gasteiger partial charge >= 0.3 is 0 Å². The lowest BCUT2D eigenvalue weighted by atomic mass is 9.65. The second kappa shape index (κ2) is 14.7. The SMILES string of the molecule is c1ccc(-c2cccc(-c3ccccc3N(c3ccc(-c4cccc5ccccc45)cc3)c3cc4c5c(c3)c3ccccc3n5-c3ccccc3C43c4ccccc4-c4ccccc43)c2)cc1. The van der Waals surface area contributed by atoms with E-state index < -0.39 is 5.41 Å². The van der Waals surface area contributed by atoms with Gasteiger partial charge in [0.15, 0.2) is 0 Å². The highest BCUT2D eigenvalue weighted by atomic mass is 15.1. The first-order valence-corrected chi connectivity index (χ1v) is 23.3. The monoisotopic (exact) mass is 850 g/mol. The molecule has 0 saturated carbocycles. The van der Waals surface area contributed by atoms with E-state index in [0.29, 0.717) is 0 Å². The Morgan fingerprint density at radius 3 is 1.70 bits per heavy atom. The minimum Gasteiger partial charge on any atom is -0.310 e. The van der Waals surface area contributed by atoms with Gasteiger partial charge in [0.25, 0.3) is 0 Å². The molecule has 12 aromatic rings. The predicted molar refractivity (Wildman–Crippen MR) is 280 cm³/mol. The van der Waals surface area contributed by atoms with Crippen molar-refractivity contribution in [3.8, 4) is 50.2 Å². The summed E-state index contributed by atoms with van der Waals surface area (Å²) in [4.78, 5) is 2.51. The molecule has 0 N–H and O–H groups in total. The summed E-state index contributed by atoms with van der Waals surface area (Å²) >= 11 is 0. The zero-order valence-corrected chi connectivity index (χ0v) is 36.6. The van der Waals surface area contributed by atoms with Gasteiger partial charge in [-0.2, -0.15) is 0 Å². The first-order chi connectivity index (χ1) is 33.3. The molecule has 1 spiro atoms. The molecule has 0 unspecified atom stereocenters. The molecule has 0 radical (unpaired) electrons. The molecular formula is C65H42N2. The van der Waals surface area contributed by atoms with Crippen molar-refractivity contribution in [3.63, 3.8) is 0 Å². The first-order valence-electron chi connectivity index (χ1n) is 23.3. The van der Waals surface area contributed by atoms with Crippen LogP contribution in [0.3, 0.4) is 0 Å². The number of hydrogen-bond acceptors (Lipinski definition) is 1. The number of rotatable bonds is 6. The Kier molecular flexibility index (Phi) is 8.23. The fourth-order valence-corrected chi connectivity index (χ4v) is 11.8. The van der Waals surface area contributed by atoms with Gasteiger partial charge in [0.2, 0.25) is 0 Å². The van der Waals surface area contributed by atoms with Gasteiger partial charge < -0.3 is 9.47 Å². The van der Waals surface area contributed by atoms with Crippen LogP contribution in [-0.2, 0) is 5.41 Å². The Labute approximate surface area is 389 Å². The molecule has 2 nitrogen and oxygen atoms in total. The van der Waals surface area contributed by atoms with E-state index in [1.165, 1.54) is 93.9 Å². The van der Waals surface area contributed by atoms with E-state index in [1.807, 2.05) is 0 Å². The molecule has 1 aliphatic heterocycles. The summed E-state index contributed by atoms with van der Waals surface area (Å²) in [6.45, 7) is 0. The molecule has 1 aromatic heterocycles. The van der Waals surface area contributed by atoms with E-state index in [2.05, 4.69) is 264 Å². The van der Waals surface area contributed by atoms with E-state index in [1.54, 1.807) is 0 Å².